The summed E-state index contributed by atoms with van der Waals surface area (Å²) in [5.74, 6) is -2.99. The van der Waals surface area contributed by atoms with Crippen molar-refractivity contribution in [3.8, 4) is 5.75 Å². The first-order valence-corrected chi connectivity index (χ1v) is 4.36. The van der Waals surface area contributed by atoms with Crippen LogP contribution >= 0.6 is 0 Å². The number of hydrogen-bond acceptors (Lipinski definition) is 4. The molecule has 0 radical (unpaired) electrons. The molecule has 0 atom stereocenters. The van der Waals surface area contributed by atoms with E-state index in [1.165, 1.54) is 0 Å². The van der Waals surface area contributed by atoms with Gasteiger partial charge in [-0.25, -0.2) is 18.6 Å². The molecule has 1 N–H and O–H groups in total. The molecule has 1 rings (SSSR count). The highest BCUT2D eigenvalue weighted by Gasteiger charge is 2.38. The summed E-state index contributed by atoms with van der Waals surface area (Å²) in [5, 5.41) is 9.20. The van der Waals surface area contributed by atoms with Gasteiger partial charge >= 0.3 is 12.1 Å². The highest BCUT2D eigenvalue weighted by molar-refractivity contribution is 5.90. The lowest BCUT2D eigenvalue weighted by Gasteiger charge is -2.12. The molecule has 0 unspecified atom stereocenters. The zero-order valence-corrected chi connectivity index (χ0v) is 8.76. The number of alkyl halides is 5. The second-order valence-corrected chi connectivity index (χ2v) is 3.08. The summed E-state index contributed by atoms with van der Waals surface area (Å²) in [4.78, 5) is 14.0. The van der Waals surface area contributed by atoms with E-state index in [0.29, 0.717) is 0 Å². The molecule has 100 valence electrons. The maximum Gasteiger partial charge on any atom is 0.420 e. The third-order valence-electron chi connectivity index (χ3n) is 1.92. The van der Waals surface area contributed by atoms with Crippen molar-refractivity contribution in [1.29, 1.82) is 0 Å². The van der Waals surface area contributed by atoms with E-state index in [4.69, 9.17) is 0 Å². The molecule has 0 saturated heterocycles. The molecule has 1 aromatic rings. The van der Waals surface area contributed by atoms with E-state index in [2.05, 4.69) is 9.72 Å². The predicted molar refractivity (Wildman–Crippen MR) is 47.2 cm³/mol. The third-order valence-corrected chi connectivity index (χ3v) is 1.92. The Kier molecular flexibility index (Phi) is 3.73. The quantitative estimate of drug-likeness (QED) is 0.663. The van der Waals surface area contributed by atoms with Crippen molar-refractivity contribution in [3.63, 3.8) is 0 Å². The number of carbonyl (C=O) groups excluding carboxylic acids is 1. The SMILES string of the molecule is COC(=O)c1nc(C(F)F)cc(C(F)(F)F)c1O. The van der Waals surface area contributed by atoms with Gasteiger partial charge in [0.2, 0.25) is 0 Å². The maximum absolute atomic E-state index is 12.5. The first-order valence-electron chi connectivity index (χ1n) is 4.36. The lowest BCUT2D eigenvalue weighted by Crippen LogP contribution is -2.13. The van der Waals surface area contributed by atoms with Crippen molar-refractivity contribution in [2.45, 2.75) is 12.6 Å². The average Bonchev–Trinajstić information content (AvgIpc) is 2.26. The minimum atomic E-state index is -5.10. The Morgan fingerprint density at radius 1 is 1.44 bits per heavy atom. The number of esters is 1. The lowest BCUT2D eigenvalue weighted by molar-refractivity contribution is -0.139. The summed E-state index contributed by atoms with van der Waals surface area (Å²) >= 11 is 0. The Labute approximate surface area is 97.0 Å². The molecule has 0 spiro atoms. The summed E-state index contributed by atoms with van der Waals surface area (Å²) < 4.78 is 66.1. The number of carbonyl (C=O) groups is 1. The average molecular weight is 271 g/mol. The van der Waals surface area contributed by atoms with Crippen molar-refractivity contribution in [2.75, 3.05) is 7.11 Å². The van der Waals surface area contributed by atoms with Gasteiger partial charge in [0.15, 0.2) is 11.4 Å². The van der Waals surface area contributed by atoms with Gasteiger partial charge in [0.25, 0.3) is 6.43 Å². The number of hydrogen-bond donors (Lipinski definition) is 1. The molecule has 1 aromatic heterocycles. The molecule has 0 aliphatic rings. The Hall–Kier alpha value is -1.93. The minimum absolute atomic E-state index is 0.0214. The summed E-state index contributed by atoms with van der Waals surface area (Å²) in [5.41, 5.74) is -4.25. The van der Waals surface area contributed by atoms with Gasteiger partial charge in [-0.2, -0.15) is 13.2 Å². The number of methoxy groups -OCH3 is 1. The van der Waals surface area contributed by atoms with E-state index in [-0.39, 0.29) is 6.07 Å². The number of halogens is 5. The predicted octanol–water partition coefficient (Wildman–Crippen LogP) is 2.53. The fourth-order valence-corrected chi connectivity index (χ4v) is 1.12. The summed E-state index contributed by atoms with van der Waals surface area (Å²) in [6, 6.07) is -0.0214. The number of rotatable bonds is 2. The smallest absolute Gasteiger partial charge is 0.420 e. The Bertz CT molecular complexity index is 472. The van der Waals surface area contributed by atoms with Crippen LogP contribution in [0, 0.1) is 0 Å². The topological polar surface area (TPSA) is 59.4 Å². The molecular formula is C9H6F5NO3. The Morgan fingerprint density at radius 2 is 2.00 bits per heavy atom. The largest absolute Gasteiger partial charge is 0.505 e. The zero-order valence-electron chi connectivity index (χ0n) is 8.76. The molecule has 18 heavy (non-hydrogen) atoms. The molecule has 0 aliphatic carbocycles. The van der Waals surface area contributed by atoms with Gasteiger partial charge in [0, 0.05) is 0 Å². The summed E-state index contributed by atoms with van der Waals surface area (Å²) in [6.07, 6.45) is -8.42. The van der Waals surface area contributed by atoms with Crippen LogP contribution in [0.3, 0.4) is 0 Å². The number of nitrogens with zero attached hydrogens (tertiary/aromatic N) is 1. The van der Waals surface area contributed by atoms with Crippen molar-refractivity contribution < 1.29 is 36.6 Å². The third kappa shape index (κ3) is 2.66. The van der Waals surface area contributed by atoms with Gasteiger partial charge < -0.3 is 9.84 Å². The van der Waals surface area contributed by atoms with Crippen LogP contribution in [0.25, 0.3) is 0 Å². The normalized spacial score (nSPS) is 11.7. The monoisotopic (exact) mass is 271 g/mol. The molecule has 4 nitrogen and oxygen atoms in total. The summed E-state index contributed by atoms with van der Waals surface area (Å²) in [6.45, 7) is 0. The van der Waals surface area contributed by atoms with Crippen molar-refractivity contribution in [1.82, 2.24) is 4.98 Å². The molecule has 0 aromatic carbocycles. The standard InChI is InChI=1S/C9H6F5NO3/c1-18-8(17)5-6(16)3(9(12,13)14)2-4(15-5)7(10)11/h2,7,16H,1H3. The number of aromatic hydroxyl groups is 1. The van der Waals surface area contributed by atoms with Crippen LogP contribution in [0.15, 0.2) is 6.07 Å². The molecule has 9 heteroatoms. The van der Waals surface area contributed by atoms with Gasteiger partial charge in [-0.15, -0.1) is 0 Å². The first kappa shape index (κ1) is 14.1. The molecule has 0 saturated carbocycles. The highest BCUT2D eigenvalue weighted by atomic mass is 19.4. The zero-order chi connectivity index (χ0) is 14.1. The van der Waals surface area contributed by atoms with Crippen LogP contribution in [0.1, 0.15) is 28.2 Å². The van der Waals surface area contributed by atoms with E-state index in [1.54, 1.807) is 0 Å². The number of pyridine rings is 1. The van der Waals surface area contributed by atoms with Crippen LogP contribution in [0.2, 0.25) is 0 Å². The van der Waals surface area contributed by atoms with E-state index in [0.717, 1.165) is 7.11 Å². The second-order valence-electron chi connectivity index (χ2n) is 3.08. The Balaban J connectivity index is 3.53. The highest BCUT2D eigenvalue weighted by Crippen LogP contribution is 2.38. The van der Waals surface area contributed by atoms with Gasteiger partial charge in [-0.05, 0) is 6.07 Å². The fourth-order valence-electron chi connectivity index (χ4n) is 1.12. The fraction of sp³-hybridized carbons (Fsp3) is 0.333. The molecule has 0 amide bonds. The van der Waals surface area contributed by atoms with E-state index >= 15 is 0 Å². The van der Waals surface area contributed by atoms with E-state index < -0.39 is 41.3 Å². The molecular weight excluding hydrogens is 265 g/mol. The van der Waals surface area contributed by atoms with Gasteiger partial charge in [-0.1, -0.05) is 0 Å². The van der Waals surface area contributed by atoms with Crippen LogP contribution < -0.4 is 0 Å². The van der Waals surface area contributed by atoms with E-state index in [1.807, 2.05) is 0 Å². The van der Waals surface area contributed by atoms with Gasteiger partial charge in [-0.3, -0.25) is 0 Å². The van der Waals surface area contributed by atoms with Crippen molar-refractivity contribution in [2.24, 2.45) is 0 Å². The van der Waals surface area contributed by atoms with Crippen LogP contribution in [0.4, 0.5) is 22.0 Å². The van der Waals surface area contributed by atoms with Gasteiger partial charge in [0.1, 0.15) is 11.3 Å². The number of ether oxygens (including phenoxy) is 1. The minimum Gasteiger partial charge on any atom is -0.505 e. The van der Waals surface area contributed by atoms with Crippen LogP contribution in [-0.2, 0) is 10.9 Å². The Morgan fingerprint density at radius 3 is 2.39 bits per heavy atom. The summed E-state index contributed by atoms with van der Waals surface area (Å²) in [7, 11) is 0.811. The van der Waals surface area contributed by atoms with Crippen molar-refractivity contribution >= 4 is 5.97 Å². The molecule has 0 aliphatic heterocycles. The van der Waals surface area contributed by atoms with Crippen LogP contribution in [0.5, 0.6) is 5.75 Å². The second kappa shape index (κ2) is 4.75. The molecule has 0 bridgehead atoms. The van der Waals surface area contributed by atoms with Crippen LogP contribution in [-0.4, -0.2) is 23.2 Å². The van der Waals surface area contributed by atoms with Crippen molar-refractivity contribution in [3.05, 3.63) is 23.0 Å². The first-order chi connectivity index (χ1) is 8.18. The maximum atomic E-state index is 12.5. The van der Waals surface area contributed by atoms with Gasteiger partial charge in [0.05, 0.1) is 7.11 Å². The molecule has 1 heterocycles. The lowest BCUT2D eigenvalue weighted by atomic mass is 10.1. The number of aromatic nitrogens is 1. The molecule has 0 fully saturated rings. The van der Waals surface area contributed by atoms with E-state index in [9.17, 15) is 31.9 Å².